The van der Waals surface area contributed by atoms with Crippen molar-refractivity contribution < 1.29 is 10.2 Å². The molecule has 0 heterocycles. The first-order chi connectivity index (χ1) is 19.8. The zero-order chi connectivity index (χ0) is 28.9. The number of aromatic hydroxyl groups is 2. The summed E-state index contributed by atoms with van der Waals surface area (Å²) < 4.78 is 0. The van der Waals surface area contributed by atoms with Gasteiger partial charge < -0.3 is 10.2 Å². The van der Waals surface area contributed by atoms with Gasteiger partial charge in [0, 0.05) is 0 Å². The summed E-state index contributed by atoms with van der Waals surface area (Å²) in [5, 5.41) is 28.2. The van der Waals surface area contributed by atoms with E-state index < -0.39 is 15.2 Å². The van der Waals surface area contributed by atoms with Crippen LogP contribution in [0.25, 0.3) is 0 Å². The van der Waals surface area contributed by atoms with Crippen molar-refractivity contribution in [1.29, 1.82) is 0 Å². The number of hydrogen-bond acceptors (Lipinski definition) is 2. The summed E-state index contributed by atoms with van der Waals surface area (Å²) in [6.07, 6.45) is 3.23. The molecule has 0 bridgehead atoms. The van der Waals surface area contributed by atoms with E-state index in [-0.39, 0.29) is 16.9 Å². The van der Waals surface area contributed by atoms with Crippen LogP contribution in [0.5, 0.6) is 11.5 Å². The van der Waals surface area contributed by atoms with Crippen LogP contribution in [0.3, 0.4) is 0 Å². The first kappa shape index (κ1) is 29.1. The molecule has 0 aliphatic rings. The van der Waals surface area contributed by atoms with E-state index in [1.807, 2.05) is 24.3 Å². The van der Waals surface area contributed by atoms with E-state index in [1.165, 1.54) is 31.8 Å². The average molecular weight is 578 g/mol. The summed E-state index contributed by atoms with van der Waals surface area (Å²) >= 11 is 0. The molecule has 0 atom stereocenters. The SMILES string of the molecule is CC(C)(C)CCC[P+](c1ccc(O)cc1)(c1ccc(O)cc1)c1ccc(P(c2ccccc2)c2ccccc2)cc1. The lowest BCUT2D eigenvalue weighted by Crippen LogP contribution is -2.34. The molecule has 0 spiro atoms. The maximum atomic E-state index is 10.2. The van der Waals surface area contributed by atoms with Gasteiger partial charge >= 0.3 is 0 Å². The van der Waals surface area contributed by atoms with E-state index in [0.717, 1.165) is 19.0 Å². The zero-order valence-corrected chi connectivity index (χ0v) is 25.9. The van der Waals surface area contributed by atoms with E-state index in [4.69, 9.17) is 0 Å². The highest BCUT2D eigenvalue weighted by Gasteiger charge is 2.45. The molecule has 0 saturated heterocycles. The second kappa shape index (κ2) is 12.6. The van der Waals surface area contributed by atoms with Gasteiger partial charge in [-0.1, -0.05) is 81.4 Å². The van der Waals surface area contributed by atoms with Gasteiger partial charge in [-0.3, -0.25) is 0 Å². The molecule has 0 amide bonds. The molecule has 0 radical (unpaired) electrons. The minimum atomic E-state index is -2.09. The third-order valence-electron chi connectivity index (χ3n) is 7.58. The van der Waals surface area contributed by atoms with Gasteiger partial charge in [0.2, 0.25) is 0 Å². The van der Waals surface area contributed by atoms with Gasteiger partial charge in [0.25, 0.3) is 0 Å². The Morgan fingerprint density at radius 3 is 1.27 bits per heavy atom. The average Bonchev–Trinajstić information content (AvgIpc) is 2.98. The van der Waals surface area contributed by atoms with Crippen molar-refractivity contribution in [2.45, 2.75) is 33.6 Å². The number of hydrogen-bond donors (Lipinski definition) is 2. The Hall–Kier alpha value is -3.44. The highest BCUT2D eigenvalue weighted by Crippen LogP contribution is 2.56. The molecule has 4 heteroatoms. The molecule has 41 heavy (non-hydrogen) atoms. The molecule has 0 aromatic heterocycles. The van der Waals surface area contributed by atoms with Crippen LogP contribution in [-0.4, -0.2) is 16.4 Å². The van der Waals surface area contributed by atoms with Gasteiger partial charge in [-0.25, -0.2) is 0 Å². The van der Waals surface area contributed by atoms with Crippen LogP contribution in [0.1, 0.15) is 33.6 Å². The van der Waals surface area contributed by atoms with Gasteiger partial charge in [0.05, 0.1) is 6.16 Å². The Balaban J connectivity index is 1.66. The van der Waals surface area contributed by atoms with Crippen LogP contribution < -0.4 is 31.8 Å². The Labute approximate surface area is 246 Å². The Morgan fingerprint density at radius 1 is 0.512 bits per heavy atom. The fourth-order valence-corrected chi connectivity index (χ4v) is 12.1. The van der Waals surface area contributed by atoms with Gasteiger partial charge in [0.15, 0.2) is 0 Å². The van der Waals surface area contributed by atoms with Gasteiger partial charge in [0.1, 0.15) is 34.7 Å². The molecule has 208 valence electrons. The van der Waals surface area contributed by atoms with Gasteiger partial charge in [-0.2, -0.15) is 0 Å². The Morgan fingerprint density at radius 2 is 0.878 bits per heavy atom. The summed E-state index contributed by atoms with van der Waals surface area (Å²) in [4.78, 5) is 0. The van der Waals surface area contributed by atoms with Crippen molar-refractivity contribution in [1.82, 2.24) is 0 Å². The zero-order valence-electron chi connectivity index (χ0n) is 24.1. The molecule has 0 aliphatic heterocycles. The van der Waals surface area contributed by atoms with Crippen molar-refractivity contribution in [3.63, 3.8) is 0 Å². The molecule has 5 rings (SSSR count). The molecule has 5 aromatic rings. The van der Waals surface area contributed by atoms with Crippen LogP contribution in [-0.2, 0) is 0 Å². The van der Waals surface area contributed by atoms with Crippen molar-refractivity contribution in [3.05, 3.63) is 133 Å². The fourth-order valence-electron chi connectivity index (χ4n) is 5.55. The second-order valence-corrected chi connectivity index (χ2v) is 17.6. The molecule has 5 aromatic carbocycles. The number of benzene rings is 5. The summed E-state index contributed by atoms with van der Waals surface area (Å²) in [7, 11) is -2.78. The highest BCUT2D eigenvalue weighted by atomic mass is 31.2. The standard InChI is InChI=1S/C37H38O2P2/c1-37(2,3)27-10-28-41(34-21-15-29(38)16-22-34,35-23-17-30(39)18-24-35)36-25-19-33(20-26-36)40(31-11-6-4-7-12-31)32-13-8-5-9-14-32/h4-9,11-26H,10,27-28H2,1-3H3,(H-,38,39)/p+1. The molecule has 0 aliphatic carbocycles. The van der Waals surface area contributed by atoms with Crippen LogP contribution >= 0.6 is 15.2 Å². The van der Waals surface area contributed by atoms with Crippen molar-refractivity contribution in [2.24, 2.45) is 5.41 Å². The van der Waals surface area contributed by atoms with E-state index in [1.54, 1.807) is 0 Å². The quantitative estimate of drug-likeness (QED) is 0.186. The molecule has 0 unspecified atom stereocenters. The van der Waals surface area contributed by atoms with Gasteiger partial charge in [-0.05, 0) is 115 Å². The topological polar surface area (TPSA) is 40.5 Å². The molecule has 2 N–H and O–H groups in total. The summed E-state index contributed by atoms with van der Waals surface area (Å²) in [5.41, 5.74) is 0.241. The second-order valence-electron chi connectivity index (χ2n) is 11.8. The third-order valence-corrected chi connectivity index (χ3v) is 14.5. The predicted octanol–water partition coefficient (Wildman–Crippen LogP) is 6.98. The lowest BCUT2D eigenvalue weighted by Gasteiger charge is -2.29. The monoisotopic (exact) mass is 577 g/mol. The predicted molar refractivity (Wildman–Crippen MR) is 181 cm³/mol. The Kier molecular flexibility index (Phi) is 8.94. The van der Waals surface area contributed by atoms with Crippen LogP contribution in [0.4, 0.5) is 0 Å². The first-order valence-electron chi connectivity index (χ1n) is 14.2. The van der Waals surface area contributed by atoms with Gasteiger partial charge in [-0.15, -0.1) is 0 Å². The minimum Gasteiger partial charge on any atom is -0.508 e. The van der Waals surface area contributed by atoms with Crippen LogP contribution in [0.15, 0.2) is 133 Å². The van der Waals surface area contributed by atoms with Crippen molar-refractivity contribution in [3.8, 4) is 11.5 Å². The fraction of sp³-hybridized carbons (Fsp3) is 0.189. The van der Waals surface area contributed by atoms with Crippen LogP contribution in [0, 0.1) is 5.41 Å². The third kappa shape index (κ3) is 6.73. The summed E-state index contributed by atoms with van der Waals surface area (Å²) in [5.74, 6) is 0.554. The molecule has 2 nitrogen and oxygen atoms in total. The molecule has 0 saturated carbocycles. The van der Waals surface area contributed by atoms with Crippen molar-refractivity contribution >= 4 is 47.0 Å². The van der Waals surface area contributed by atoms with E-state index in [0.29, 0.717) is 0 Å². The number of rotatable bonds is 9. The smallest absolute Gasteiger partial charge is 0.115 e. The van der Waals surface area contributed by atoms with E-state index in [2.05, 4.69) is 130 Å². The maximum Gasteiger partial charge on any atom is 0.115 e. The van der Waals surface area contributed by atoms with Crippen LogP contribution in [0.2, 0.25) is 0 Å². The first-order valence-corrected chi connectivity index (χ1v) is 17.6. The molecular formula is C37H39O2P2+. The summed E-state index contributed by atoms with van der Waals surface area (Å²) in [6, 6.07) is 46.6. The highest BCUT2D eigenvalue weighted by molar-refractivity contribution is 7.95. The van der Waals surface area contributed by atoms with E-state index in [9.17, 15) is 10.2 Å². The number of phenols is 2. The van der Waals surface area contributed by atoms with Crippen molar-refractivity contribution in [2.75, 3.05) is 6.16 Å². The van der Waals surface area contributed by atoms with E-state index >= 15 is 0 Å². The Bertz CT molecular complexity index is 1440. The lowest BCUT2D eigenvalue weighted by molar-refractivity contribution is 0.374. The lowest BCUT2D eigenvalue weighted by atomic mass is 9.91. The molecule has 0 fully saturated rings. The normalized spacial score (nSPS) is 12.0. The largest absolute Gasteiger partial charge is 0.508 e. The number of phenolic OH excluding ortho intramolecular Hbond substituents is 2. The summed E-state index contributed by atoms with van der Waals surface area (Å²) in [6.45, 7) is 6.91. The molecular weight excluding hydrogens is 538 g/mol. The maximum absolute atomic E-state index is 10.2. The minimum absolute atomic E-state index is 0.241.